The van der Waals surface area contributed by atoms with Crippen LogP contribution in [0.15, 0.2) is 0 Å². The second kappa shape index (κ2) is 11.5. The number of ether oxygens (including phenoxy) is 2. The summed E-state index contributed by atoms with van der Waals surface area (Å²) in [6.45, 7) is 7.46. The number of rotatable bonds is 13. The average molecular weight is 299 g/mol. The molecule has 2 heteroatoms. The first-order valence-electron chi connectivity index (χ1n) is 9.54. The van der Waals surface area contributed by atoms with Crippen molar-refractivity contribution in [2.75, 3.05) is 6.61 Å². The number of unbranched alkanes of at least 4 members (excludes halogenated alkanes) is 9. The Morgan fingerprint density at radius 3 is 1.71 bits per heavy atom. The van der Waals surface area contributed by atoms with Gasteiger partial charge in [0.05, 0.1) is 12.7 Å². The third kappa shape index (κ3) is 8.21. The van der Waals surface area contributed by atoms with E-state index in [1.54, 1.807) is 0 Å². The van der Waals surface area contributed by atoms with Gasteiger partial charge < -0.3 is 9.47 Å². The molecule has 1 saturated heterocycles. The van der Waals surface area contributed by atoms with E-state index in [0.29, 0.717) is 0 Å². The van der Waals surface area contributed by atoms with Gasteiger partial charge in [-0.1, -0.05) is 71.6 Å². The fraction of sp³-hybridized carbons (Fsp3) is 1.00. The van der Waals surface area contributed by atoms with Crippen molar-refractivity contribution in [2.24, 2.45) is 0 Å². The molecule has 2 unspecified atom stereocenters. The van der Waals surface area contributed by atoms with Gasteiger partial charge in [0.1, 0.15) is 0 Å². The molecule has 0 aromatic rings. The van der Waals surface area contributed by atoms with Crippen LogP contribution in [0, 0.1) is 0 Å². The smallest absolute Gasteiger partial charge is 0.168 e. The second-order valence-electron chi connectivity index (χ2n) is 6.83. The van der Waals surface area contributed by atoms with Gasteiger partial charge in [-0.2, -0.15) is 0 Å². The summed E-state index contributed by atoms with van der Waals surface area (Å²) in [5, 5.41) is 0. The molecule has 0 spiro atoms. The molecule has 2 atom stereocenters. The molecule has 0 bridgehead atoms. The van der Waals surface area contributed by atoms with Gasteiger partial charge in [0.15, 0.2) is 5.79 Å². The maximum atomic E-state index is 6.15. The summed E-state index contributed by atoms with van der Waals surface area (Å²) in [6.07, 6.45) is 17.2. The average Bonchev–Trinajstić information content (AvgIpc) is 2.85. The standard InChI is InChI=1S/C19H38O2/c1-4-6-8-10-11-12-14-16-19(15-13-9-7-5-2)20-17-18(3)21-19/h18H,4-17H2,1-3H3. The Morgan fingerprint density at radius 2 is 1.24 bits per heavy atom. The summed E-state index contributed by atoms with van der Waals surface area (Å²) in [4.78, 5) is 0. The van der Waals surface area contributed by atoms with Crippen LogP contribution in [0.5, 0.6) is 0 Å². The van der Waals surface area contributed by atoms with E-state index >= 15 is 0 Å². The van der Waals surface area contributed by atoms with Gasteiger partial charge in [0.2, 0.25) is 0 Å². The third-order valence-electron chi connectivity index (χ3n) is 4.57. The summed E-state index contributed by atoms with van der Waals surface area (Å²) in [5.74, 6) is -0.240. The van der Waals surface area contributed by atoms with Gasteiger partial charge in [0, 0.05) is 12.8 Å². The summed E-state index contributed by atoms with van der Waals surface area (Å²) in [6, 6.07) is 0. The van der Waals surface area contributed by atoms with Crippen molar-refractivity contribution < 1.29 is 9.47 Å². The SMILES string of the molecule is CCCCCCCCCC1(CCCCCC)OCC(C)O1. The molecule has 2 nitrogen and oxygen atoms in total. The van der Waals surface area contributed by atoms with Crippen molar-refractivity contribution in [2.45, 2.75) is 116 Å². The van der Waals surface area contributed by atoms with Gasteiger partial charge in [-0.25, -0.2) is 0 Å². The van der Waals surface area contributed by atoms with Crippen LogP contribution >= 0.6 is 0 Å². The Morgan fingerprint density at radius 1 is 0.762 bits per heavy atom. The van der Waals surface area contributed by atoms with Crippen LogP contribution in [0.3, 0.4) is 0 Å². The quantitative estimate of drug-likeness (QED) is 0.375. The predicted octanol–water partition coefficient (Wildman–Crippen LogP) is 6.23. The minimum Gasteiger partial charge on any atom is -0.347 e. The Labute approximate surface area is 133 Å². The molecule has 0 saturated carbocycles. The Balaban J connectivity index is 2.17. The monoisotopic (exact) mass is 298 g/mol. The Kier molecular flexibility index (Phi) is 10.4. The van der Waals surface area contributed by atoms with Crippen LogP contribution in [0.2, 0.25) is 0 Å². The predicted molar refractivity (Wildman–Crippen MR) is 90.6 cm³/mol. The van der Waals surface area contributed by atoms with Gasteiger partial charge in [0.25, 0.3) is 0 Å². The van der Waals surface area contributed by atoms with E-state index in [0.717, 1.165) is 19.4 Å². The van der Waals surface area contributed by atoms with E-state index in [1.165, 1.54) is 70.6 Å². The van der Waals surface area contributed by atoms with Crippen molar-refractivity contribution in [3.63, 3.8) is 0 Å². The maximum Gasteiger partial charge on any atom is 0.168 e. The van der Waals surface area contributed by atoms with Crippen molar-refractivity contribution in [1.82, 2.24) is 0 Å². The molecule has 0 amide bonds. The Bertz CT molecular complexity index is 242. The van der Waals surface area contributed by atoms with Crippen molar-refractivity contribution in [1.29, 1.82) is 0 Å². The highest BCUT2D eigenvalue weighted by molar-refractivity contribution is 4.77. The lowest BCUT2D eigenvalue weighted by Gasteiger charge is -2.28. The molecule has 0 aromatic heterocycles. The molecule has 0 aromatic carbocycles. The number of hydrogen-bond donors (Lipinski definition) is 0. The van der Waals surface area contributed by atoms with Crippen LogP contribution in [0.4, 0.5) is 0 Å². The summed E-state index contributed by atoms with van der Waals surface area (Å²) in [5.41, 5.74) is 0. The molecule has 1 heterocycles. The van der Waals surface area contributed by atoms with E-state index < -0.39 is 0 Å². The Hall–Kier alpha value is -0.0800. The van der Waals surface area contributed by atoms with Crippen molar-refractivity contribution in [3.8, 4) is 0 Å². The zero-order valence-corrected chi connectivity index (χ0v) is 14.8. The molecule has 0 radical (unpaired) electrons. The molecule has 126 valence electrons. The highest BCUT2D eigenvalue weighted by Gasteiger charge is 2.38. The number of hydrogen-bond acceptors (Lipinski definition) is 2. The van der Waals surface area contributed by atoms with Gasteiger partial charge >= 0.3 is 0 Å². The van der Waals surface area contributed by atoms with Gasteiger partial charge in [-0.05, 0) is 19.8 Å². The van der Waals surface area contributed by atoms with Crippen LogP contribution in [-0.2, 0) is 9.47 Å². The summed E-state index contributed by atoms with van der Waals surface area (Å²) < 4.78 is 12.2. The molecule has 0 N–H and O–H groups in total. The normalized spacial score (nSPS) is 25.6. The lowest BCUT2D eigenvalue weighted by molar-refractivity contribution is -0.177. The molecular weight excluding hydrogens is 260 g/mol. The minimum atomic E-state index is -0.240. The first-order chi connectivity index (χ1) is 10.2. The van der Waals surface area contributed by atoms with Crippen LogP contribution < -0.4 is 0 Å². The first-order valence-corrected chi connectivity index (χ1v) is 9.54. The minimum absolute atomic E-state index is 0.240. The van der Waals surface area contributed by atoms with Crippen LogP contribution in [0.25, 0.3) is 0 Å². The topological polar surface area (TPSA) is 18.5 Å². The van der Waals surface area contributed by atoms with E-state index in [1.807, 2.05) is 0 Å². The molecule has 21 heavy (non-hydrogen) atoms. The van der Waals surface area contributed by atoms with Gasteiger partial charge in [-0.15, -0.1) is 0 Å². The lowest BCUT2D eigenvalue weighted by atomic mass is 9.99. The first kappa shape index (κ1) is 19.0. The largest absolute Gasteiger partial charge is 0.347 e. The highest BCUT2D eigenvalue weighted by atomic mass is 16.7. The lowest BCUT2D eigenvalue weighted by Crippen LogP contribution is -2.30. The van der Waals surface area contributed by atoms with E-state index in [2.05, 4.69) is 20.8 Å². The van der Waals surface area contributed by atoms with E-state index in [4.69, 9.17) is 9.47 Å². The van der Waals surface area contributed by atoms with Crippen molar-refractivity contribution >= 4 is 0 Å². The summed E-state index contributed by atoms with van der Waals surface area (Å²) >= 11 is 0. The van der Waals surface area contributed by atoms with E-state index in [9.17, 15) is 0 Å². The van der Waals surface area contributed by atoms with Crippen LogP contribution in [0.1, 0.15) is 104 Å². The maximum absolute atomic E-state index is 6.15. The molecule has 1 aliphatic heterocycles. The molecule has 1 rings (SSSR count). The molecule has 1 aliphatic rings. The third-order valence-corrected chi connectivity index (χ3v) is 4.57. The van der Waals surface area contributed by atoms with Crippen LogP contribution in [-0.4, -0.2) is 18.5 Å². The fourth-order valence-electron chi connectivity index (χ4n) is 3.26. The van der Waals surface area contributed by atoms with Gasteiger partial charge in [-0.3, -0.25) is 0 Å². The molecule has 0 aliphatic carbocycles. The molecular formula is C19H38O2. The van der Waals surface area contributed by atoms with E-state index in [-0.39, 0.29) is 11.9 Å². The molecule has 1 fully saturated rings. The highest BCUT2D eigenvalue weighted by Crippen LogP contribution is 2.34. The summed E-state index contributed by atoms with van der Waals surface area (Å²) in [7, 11) is 0. The zero-order valence-electron chi connectivity index (χ0n) is 14.8. The zero-order chi connectivity index (χ0) is 15.4. The fourth-order valence-corrected chi connectivity index (χ4v) is 3.26. The van der Waals surface area contributed by atoms with Crippen molar-refractivity contribution in [3.05, 3.63) is 0 Å². The second-order valence-corrected chi connectivity index (χ2v) is 6.83.